The first-order valence-corrected chi connectivity index (χ1v) is 5.83. The number of nitrogens with zero attached hydrogens (tertiary/aromatic N) is 1. The number of likely N-dealkylation sites (N-methyl/N-ethyl adjacent to an activating group) is 1. The van der Waals surface area contributed by atoms with Crippen LogP contribution in [0.2, 0.25) is 0 Å². The number of hydrogen-bond acceptors (Lipinski definition) is 3. The summed E-state index contributed by atoms with van der Waals surface area (Å²) in [7, 11) is 1.88. The number of morpholine rings is 1. The zero-order chi connectivity index (χ0) is 12.3. The van der Waals surface area contributed by atoms with Crippen LogP contribution >= 0.6 is 0 Å². The van der Waals surface area contributed by atoms with Crippen LogP contribution in [0.3, 0.4) is 0 Å². The van der Waals surface area contributed by atoms with E-state index in [2.05, 4.69) is 5.32 Å². The second kappa shape index (κ2) is 5.29. The maximum Gasteiger partial charge on any atom is 0.253 e. The highest BCUT2D eigenvalue weighted by Crippen LogP contribution is 2.20. The molecule has 0 aromatic heterocycles. The number of anilines is 1. The largest absolute Gasteiger partial charge is 0.369 e. The highest BCUT2D eigenvalue weighted by molar-refractivity contribution is 5.95. The fourth-order valence-corrected chi connectivity index (χ4v) is 2.08. The first kappa shape index (κ1) is 12.1. The standard InChI is InChI=1S/C13H18N2O2/c1-10-3-5-11(6-4-10)15-12(7-14-2)8-17-9-13(15)16/h3-6,12,14H,7-9H2,1-2H3. The molecule has 1 fully saturated rings. The molecule has 1 aliphatic heterocycles. The Morgan fingerprint density at radius 3 is 2.76 bits per heavy atom. The van der Waals surface area contributed by atoms with Gasteiger partial charge in [0.25, 0.3) is 5.91 Å². The summed E-state index contributed by atoms with van der Waals surface area (Å²) in [6.07, 6.45) is 0. The molecule has 1 aliphatic rings. The van der Waals surface area contributed by atoms with Crippen LogP contribution in [0, 0.1) is 6.92 Å². The van der Waals surface area contributed by atoms with E-state index in [4.69, 9.17) is 4.74 Å². The van der Waals surface area contributed by atoms with Crippen LogP contribution in [-0.4, -0.2) is 38.8 Å². The third-order valence-corrected chi connectivity index (χ3v) is 2.92. The first-order valence-electron chi connectivity index (χ1n) is 5.83. The summed E-state index contributed by atoms with van der Waals surface area (Å²) < 4.78 is 5.29. The molecular formula is C13H18N2O2. The van der Waals surface area contributed by atoms with E-state index in [0.29, 0.717) is 6.61 Å². The van der Waals surface area contributed by atoms with Crippen LogP contribution in [0.15, 0.2) is 24.3 Å². The third-order valence-electron chi connectivity index (χ3n) is 2.92. The van der Waals surface area contributed by atoms with Gasteiger partial charge in [-0.1, -0.05) is 17.7 Å². The van der Waals surface area contributed by atoms with Crippen LogP contribution in [0.1, 0.15) is 5.56 Å². The van der Waals surface area contributed by atoms with Gasteiger partial charge in [-0.3, -0.25) is 4.79 Å². The predicted octanol–water partition coefficient (Wildman–Crippen LogP) is 0.946. The van der Waals surface area contributed by atoms with Crippen LogP contribution in [0.4, 0.5) is 5.69 Å². The van der Waals surface area contributed by atoms with Crippen molar-refractivity contribution in [3.63, 3.8) is 0 Å². The zero-order valence-electron chi connectivity index (χ0n) is 10.3. The minimum atomic E-state index is 0.0281. The van der Waals surface area contributed by atoms with Crippen molar-refractivity contribution < 1.29 is 9.53 Å². The molecule has 1 atom stereocenters. The Balaban J connectivity index is 2.24. The Morgan fingerprint density at radius 2 is 2.12 bits per heavy atom. The lowest BCUT2D eigenvalue weighted by atomic mass is 10.1. The van der Waals surface area contributed by atoms with Gasteiger partial charge in [-0.25, -0.2) is 0 Å². The van der Waals surface area contributed by atoms with Crippen LogP contribution in [0.25, 0.3) is 0 Å². The maximum atomic E-state index is 11.9. The Bertz CT molecular complexity index is 387. The first-order chi connectivity index (χ1) is 8.22. The van der Waals surface area contributed by atoms with Crippen molar-refractivity contribution in [2.45, 2.75) is 13.0 Å². The monoisotopic (exact) mass is 234 g/mol. The second-order valence-corrected chi connectivity index (χ2v) is 4.33. The summed E-state index contributed by atoms with van der Waals surface area (Å²) in [6.45, 7) is 3.53. The van der Waals surface area contributed by atoms with E-state index in [-0.39, 0.29) is 18.6 Å². The van der Waals surface area contributed by atoms with E-state index < -0.39 is 0 Å². The molecule has 17 heavy (non-hydrogen) atoms. The number of benzene rings is 1. The number of carbonyl (C=O) groups excluding carboxylic acids is 1. The van der Waals surface area contributed by atoms with Crippen molar-refractivity contribution in [3.05, 3.63) is 29.8 Å². The number of rotatable bonds is 3. The number of nitrogens with one attached hydrogen (secondary N) is 1. The molecule has 1 unspecified atom stereocenters. The molecule has 4 nitrogen and oxygen atoms in total. The smallest absolute Gasteiger partial charge is 0.253 e. The number of aryl methyl sites for hydroxylation is 1. The minimum absolute atomic E-state index is 0.0281. The lowest BCUT2D eigenvalue weighted by molar-refractivity contribution is -0.127. The molecule has 2 rings (SSSR count). The van der Waals surface area contributed by atoms with Gasteiger partial charge < -0.3 is 15.0 Å². The van der Waals surface area contributed by atoms with Gasteiger partial charge in [0.2, 0.25) is 0 Å². The fraction of sp³-hybridized carbons (Fsp3) is 0.462. The molecule has 0 spiro atoms. The summed E-state index contributed by atoms with van der Waals surface area (Å²) >= 11 is 0. The number of carbonyl (C=O) groups is 1. The molecule has 0 aliphatic carbocycles. The number of ether oxygens (including phenoxy) is 1. The summed E-state index contributed by atoms with van der Waals surface area (Å²) in [5.41, 5.74) is 2.14. The van der Waals surface area contributed by atoms with E-state index in [1.807, 2.05) is 43.1 Å². The predicted molar refractivity (Wildman–Crippen MR) is 67.2 cm³/mol. The number of hydrogen-bond donors (Lipinski definition) is 1. The van der Waals surface area contributed by atoms with Crippen molar-refractivity contribution in [3.8, 4) is 0 Å². The van der Waals surface area contributed by atoms with E-state index in [0.717, 1.165) is 12.2 Å². The third kappa shape index (κ3) is 2.65. The van der Waals surface area contributed by atoms with E-state index in [9.17, 15) is 4.79 Å². The Hall–Kier alpha value is -1.39. The van der Waals surface area contributed by atoms with Crippen molar-refractivity contribution in [2.75, 3.05) is 31.7 Å². The van der Waals surface area contributed by atoms with Crippen LogP contribution in [0.5, 0.6) is 0 Å². The molecule has 1 aromatic carbocycles. The van der Waals surface area contributed by atoms with Gasteiger partial charge in [-0.2, -0.15) is 0 Å². The van der Waals surface area contributed by atoms with E-state index in [1.54, 1.807) is 0 Å². The Labute approximate surface area is 102 Å². The molecule has 1 heterocycles. The molecular weight excluding hydrogens is 216 g/mol. The van der Waals surface area contributed by atoms with Gasteiger partial charge in [-0.05, 0) is 26.1 Å². The number of amides is 1. The molecule has 0 saturated carbocycles. The topological polar surface area (TPSA) is 41.6 Å². The molecule has 1 amide bonds. The lowest BCUT2D eigenvalue weighted by Gasteiger charge is -2.35. The maximum absolute atomic E-state index is 11.9. The van der Waals surface area contributed by atoms with Gasteiger partial charge in [0.1, 0.15) is 6.61 Å². The molecule has 4 heteroatoms. The van der Waals surface area contributed by atoms with Crippen molar-refractivity contribution in [1.82, 2.24) is 5.32 Å². The van der Waals surface area contributed by atoms with Crippen LogP contribution < -0.4 is 10.2 Å². The van der Waals surface area contributed by atoms with Crippen molar-refractivity contribution in [2.24, 2.45) is 0 Å². The Morgan fingerprint density at radius 1 is 1.41 bits per heavy atom. The average molecular weight is 234 g/mol. The average Bonchev–Trinajstić information content (AvgIpc) is 2.32. The van der Waals surface area contributed by atoms with Crippen LogP contribution in [-0.2, 0) is 9.53 Å². The Kier molecular flexibility index (Phi) is 3.76. The zero-order valence-corrected chi connectivity index (χ0v) is 10.3. The van der Waals surface area contributed by atoms with E-state index >= 15 is 0 Å². The summed E-state index contributed by atoms with van der Waals surface area (Å²) in [4.78, 5) is 13.8. The van der Waals surface area contributed by atoms with Gasteiger partial charge in [0, 0.05) is 12.2 Å². The fourth-order valence-electron chi connectivity index (χ4n) is 2.08. The molecule has 1 N–H and O–H groups in total. The quantitative estimate of drug-likeness (QED) is 0.846. The summed E-state index contributed by atoms with van der Waals surface area (Å²) in [5.74, 6) is 0.0281. The normalized spacial score (nSPS) is 20.7. The van der Waals surface area contributed by atoms with Gasteiger partial charge in [-0.15, -0.1) is 0 Å². The van der Waals surface area contributed by atoms with Gasteiger partial charge in [0.15, 0.2) is 0 Å². The molecule has 92 valence electrons. The summed E-state index contributed by atoms with van der Waals surface area (Å²) in [5, 5.41) is 3.10. The lowest BCUT2D eigenvalue weighted by Crippen LogP contribution is -2.53. The molecule has 1 aromatic rings. The van der Waals surface area contributed by atoms with Crippen molar-refractivity contribution in [1.29, 1.82) is 0 Å². The highest BCUT2D eigenvalue weighted by Gasteiger charge is 2.29. The minimum Gasteiger partial charge on any atom is -0.369 e. The summed E-state index contributed by atoms with van der Waals surface area (Å²) in [6, 6.07) is 8.09. The highest BCUT2D eigenvalue weighted by atomic mass is 16.5. The SMILES string of the molecule is CNCC1COCC(=O)N1c1ccc(C)cc1. The van der Waals surface area contributed by atoms with E-state index in [1.165, 1.54) is 5.56 Å². The van der Waals surface area contributed by atoms with Gasteiger partial charge in [0.05, 0.1) is 12.6 Å². The second-order valence-electron chi connectivity index (χ2n) is 4.33. The molecule has 1 saturated heterocycles. The molecule has 0 bridgehead atoms. The van der Waals surface area contributed by atoms with Crippen molar-refractivity contribution >= 4 is 11.6 Å². The molecule has 0 radical (unpaired) electrons. The van der Waals surface area contributed by atoms with Gasteiger partial charge >= 0.3 is 0 Å².